The average molecular weight is 473 g/mol. The maximum atomic E-state index is 12.6. The first-order chi connectivity index (χ1) is 16.9. The monoisotopic (exact) mass is 472 g/mol. The van der Waals surface area contributed by atoms with E-state index in [1.165, 1.54) is 0 Å². The van der Waals surface area contributed by atoms with Gasteiger partial charge in [-0.25, -0.2) is 0 Å². The number of fused-ring (bicyclic) bond motifs is 1. The molecule has 1 aliphatic heterocycles. The number of nitrogens with one attached hydrogen (secondary N) is 2. The Labute approximate surface area is 204 Å². The van der Waals surface area contributed by atoms with Gasteiger partial charge in [0.25, 0.3) is 5.91 Å². The van der Waals surface area contributed by atoms with Crippen LogP contribution in [0, 0.1) is 0 Å². The van der Waals surface area contributed by atoms with E-state index in [1.54, 1.807) is 43.5 Å². The highest BCUT2D eigenvalue weighted by molar-refractivity contribution is 6.05. The molecule has 4 N–H and O–H groups in total. The van der Waals surface area contributed by atoms with Gasteiger partial charge in [-0.05, 0) is 53.9 Å². The summed E-state index contributed by atoms with van der Waals surface area (Å²) in [5, 5.41) is 5.67. The number of ether oxygens (including phenoxy) is 1. The Morgan fingerprint density at radius 2 is 1.63 bits per heavy atom. The largest absolute Gasteiger partial charge is 0.495 e. The summed E-state index contributed by atoms with van der Waals surface area (Å²) in [4.78, 5) is 39.1. The molecule has 3 aromatic rings. The van der Waals surface area contributed by atoms with Crippen molar-refractivity contribution >= 4 is 29.1 Å². The molecule has 3 amide bonds. The first kappa shape index (κ1) is 24.0. The molecule has 1 atom stereocenters. The third kappa shape index (κ3) is 5.85. The molecule has 8 heteroatoms. The van der Waals surface area contributed by atoms with Gasteiger partial charge in [0.2, 0.25) is 11.8 Å². The van der Waals surface area contributed by atoms with Gasteiger partial charge in [0.1, 0.15) is 5.75 Å². The van der Waals surface area contributed by atoms with E-state index in [-0.39, 0.29) is 24.1 Å². The number of nitrogens with two attached hydrogens (primary N) is 1. The molecular weight excluding hydrogens is 444 g/mol. The van der Waals surface area contributed by atoms with Crippen LogP contribution in [-0.2, 0) is 22.6 Å². The average Bonchev–Trinajstić information content (AvgIpc) is 2.87. The van der Waals surface area contributed by atoms with Crippen LogP contribution in [0.25, 0.3) is 0 Å². The van der Waals surface area contributed by atoms with Crippen LogP contribution >= 0.6 is 0 Å². The third-order valence-electron chi connectivity index (χ3n) is 6.09. The summed E-state index contributed by atoms with van der Waals surface area (Å²) in [7, 11) is 1.54. The summed E-state index contributed by atoms with van der Waals surface area (Å²) in [5.74, 6) is -0.282. The van der Waals surface area contributed by atoms with Gasteiger partial charge in [-0.15, -0.1) is 0 Å². The summed E-state index contributed by atoms with van der Waals surface area (Å²) in [6.45, 7) is 0.986. The van der Waals surface area contributed by atoms with Gasteiger partial charge in [-0.2, -0.15) is 0 Å². The van der Waals surface area contributed by atoms with E-state index in [4.69, 9.17) is 10.5 Å². The fourth-order valence-electron chi connectivity index (χ4n) is 4.21. The summed E-state index contributed by atoms with van der Waals surface area (Å²) >= 11 is 0. The molecule has 35 heavy (non-hydrogen) atoms. The quantitative estimate of drug-likeness (QED) is 0.466. The van der Waals surface area contributed by atoms with E-state index in [9.17, 15) is 14.4 Å². The predicted octanol–water partition coefficient (Wildman–Crippen LogP) is 3.19. The van der Waals surface area contributed by atoms with E-state index in [0.29, 0.717) is 42.2 Å². The summed E-state index contributed by atoms with van der Waals surface area (Å²) in [6, 6.07) is 21.3. The van der Waals surface area contributed by atoms with Crippen molar-refractivity contribution in [1.82, 2.24) is 4.90 Å². The van der Waals surface area contributed by atoms with Crippen LogP contribution in [0.2, 0.25) is 0 Å². The van der Waals surface area contributed by atoms with Gasteiger partial charge in [-0.3, -0.25) is 19.3 Å². The highest BCUT2D eigenvalue weighted by atomic mass is 16.5. The Morgan fingerprint density at radius 1 is 0.943 bits per heavy atom. The maximum Gasteiger partial charge on any atom is 0.255 e. The first-order valence-electron chi connectivity index (χ1n) is 11.4. The Bertz CT molecular complexity index is 1230. The normalized spacial score (nSPS) is 15.1. The number of benzene rings is 3. The van der Waals surface area contributed by atoms with Gasteiger partial charge in [0.15, 0.2) is 0 Å². The van der Waals surface area contributed by atoms with Gasteiger partial charge in [-0.1, -0.05) is 36.4 Å². The molecule has 0 bridgehead atoms. The van der Waals surface area contributed by atoms with Crippen LogP contribution in [0.3, 0.4) is 0 Å². The minimum atomic E-state index is -0.432. The zero-order chi connectivity index (χ0) is 24.8. The molecule has 0 saturated heterocycles. The standard InChI is InChI=1S/C27H28N4O4/c1-35-24-9-5-4-8-22(24)30-27(34)18-10-12-21(13-11-18)29-25(32)14-15-31-17-20-7-3-2-6-19(20)16-23(31)26(28)33/h2-13,23H,14-17H2,1H3,(H2,28,33)(H,29,32)(H,30,34)/t23-/m0/s1. The highest BCUT2D eigenvalue weighted by Crippen LogP contribution is 2.25. The Hall–Kier alpha value is -4.17. The van der Waals surface area contributed by atoms with Crippen molar-refractivity contribution < 1.29 is 19.1 Å². The number of amides is 3. The number of hydrogen-bond donors (Lipinski definition) is 3. The zero-order valence-corrected chi connectivity index (χ0v) is 19.5. The van der Waals surface area contributed by atoms with E-state index >= 15 is 0 Å². The van der Waals surface area contributed by atoms with E-state index in [2.05, 4.69) is 10.6 Å². The van der Waals surface area contributed by atoms with Gasteiger partial charge < -0.3 is 21.1 Å². The molecule has 0 saturated carbocycles. The second-order valence-corrected chi connectivity index (χ2v) is 8.39. The minimum absolute atomic E-state index is 0.182. The Morgan fingerprint density at radius 3 is 2.34 bits per heavy atom. The van der Waals surface area contributed by atoms with Crippen molar-refractivity contribution in [3.05, 3.63) is 89.5 Å². The maximum absolute atomic E-state index is 12.6. The number of methoxy groups -OCH3 is 1. The molecule has 0 fully saturated rings. The number of anilines is 2. The third-order valence-corrected chi connectivity index (χ3v) is 6.09. The molecule has 0 spiro atoms. The van der Waals surface area contributed by atoms with Crippen LogP contribution in [0.5, 0.6) is 5.75 Å². The fraction of sp³-hybridized carbons (Fsp3) is 0.222. The summed E-state index contributed by atoms with van der Waals surface area (Å²) < 4.78 is 5.26. The molecule has 1 heterocycles. The zero-order valence-electron chi connectivity index (χ0n) is 19.5. The van der Waals surface area contributed by atoms with Crippen molar-refractivity contribution in [2.75, 3.05) is 24.3 Å². The molecule has 8 nitrogen and oxygen atoms in total. The SMILES string of the molecule is COc1ccccc1NC(=O)c1ccc(NC(=O)CCN2Cc3ccccc3C[C@H]2C(N)=O)cc1. The van der Waals surface area contributed by atoms with Gasteiger partial charge >= 0.3 is 0 Å². The number of primary amides is 1. The van der Waals surface area contributed by atoms with Crippen LogP contribution in [-0.4, -0.2) is 42.3 Å². The second kappa shape index (κ2) is 10.8. The predicted molar refractivity (Wildman–Crippen MR) is 134 cm³/mol. The molecule has 3 aromatic carbocycles. The smallest absolute Gasteiger partial charge is 0.255 e. The number of hydrogen-bond acceptors (Lipinski definition) is 5. The van der Waals surface area contributed by atoms with Crippen LogP contribution < -0.4 is 21.1 Å². The van der Waals surface area contributed by atoms with Gasteiger partial charge in [0.05, 0.1) is 18.8 Å². The topological polar surface area (TPSA) is 114 Å². The van der Waals surface area contributed by atoms with Crippen molar-refractivity contribution in [3.63, 3.8) is 0 Å². The Kier molecular flexibility index (Phi) is 7.42. The van der Waals surface area contributed by atoms with Gasteiger partial charge in [0, 0.05) is 30.8 Å². The molecular formula is C27H28N4O4. The number of carbonyl (C=O) groups excluding carboxylic acids is 3. The van der Waals surface area contributed by atoms with Crippen molar-refractivity contribution in [1.29, 1.82) is 0 Å². The number of carbonyl (C=O) groups is 3. The molecule has 0 radical (unpaired) electrons. The van der Waals surface area contributed by atoms with E-state index in [1.807, 2.05) is 41.3 Å². The fourth-order valence-corrected chi connectivity index (χ4v) is 4.21. The Balaban J connectivity index is 1.32. The lowest BCUT2D eigenvalue weighted by Gasteiger charge is -2.34. The van der Waals surface area contributed by atoms with Crippen molar-refractivity contribution in [2.24, 2.45) is 5.73 Å². The van der Waals surface area contributed by atoms with Crippen molar-refractivity contribution in [2.45, 2.75) is 25.4 Å². The minimum Gasteiger partial charge on any atom is -0.495 e. The molecule has 0 aliphatic carbocycles. The lowest BCUT2D eigenvalue weighted by molar-refractivity contribution is -0.125. The van der Waals surface area contributed by atoms with E-state index < -0.39 is 6.04 Å². The molecule has 0 unspecified atom stereocenters. The lowest BCUT2D eigenvalue weighted by atomic mass is 9.93. The molecule has 1 aliphatic rings. The van der Waals surface area contributed by atoms with Crippen LogP contribution in [0.1, 0.15) is 27.9 Å². The summed E-state index contributed by atoms with van der Waals surface area (Å²) in [5.41, 5.74) is 9.50. The number of para-hydroxylation sites is 2. The van der Waals surface area contributed by atoms with Crippen LogP contribution in [0.15, 0.2) is 72.8 Å². The first-order valence-corrected chi connectivity index (χ1v) is 11.4. The lowest BCUT2D eigenvalue weighted by Crippen LogP contribution is -2.49. The van der Waals surface area contributed by atoms with Crippen molar-refractivity contribution in [3.8, 4) is 5.75 Å². The molecule has 0 aromatic heterocycles. The molecule has 4 rings (SSSR count). The number of nitrogens with zero attached hydrogens (tertiary/aromatic N) is 1. The summed E-state index contributed by atoms with van der Waals surface area (Å²) in [6.07, 6.45) is 0.757. The molecule has 180 valence electrons. The van der Waals surface area contributed by atoms with E-state index in [0.717, 1.165) is 11.1 Å². The van der Waals surface area contributed by atoms with Crippen LogP contribution in [0.4, 0.5) is 11.4 Å². The number of rotatable bonds is 8. The highest BCUT2D eigenvalue weighted by Gasteiger charge is 2.30. The second-order valence-electron chi connectivity index (χ2n) is 8.39.